The van der Waals surface area contributed by atoms with E-state index in [0.29, 0.717) is 28.7 Å². The van der Waals surface area contributed by atoms with Gasteiger partial charge in [0.25, 0.3) is 0 Å². The number of benzene rings is 2. The van der Waals surface area contributed by atoms with Crippen molar-refractivity contribution in [2.45, 2.75) is 19.3 Å². The second kappa shape index (κ2) is 7.59. The number of thiocarbonyl (C=S) groups is 1. The summed E-state index contributed by atoms with van der Waals surface area (Å²) >= 11 is 10.8. The highest BCUT2D eigenvalue weighted by Gasteiger charge is 2.33. The van der Waals surface area contributed by atoms with Crippen LogP contribution in [0.15, 0.2) is 36.4 Å². The lowest BCUT2D eigenvalue weighted by Crippen LogP contribution is -2.34. The van der Waals surface area contributed by atoms with E-state index in [2.05, 4.69) is 10.6 Å². The molecule has 0 saturated heterocycles. The van der Waals surface area contributed by atoms with Crippen molar-refractivity contribution in [3.63, 3.8) is 0 Å². The molecule has 0 radical (unpaired) electrons. The molecule has 1 heterocycles. The molecule has 0 saturated carbocycles. The van der Waals surface area contributed by atoms with E-state index in [4.69, 9.17) is 33.3 Å². The lowest BCUT2D eigenvalue weighted by Gasteiger charge is -2.13. The zero-order valence-corrected chi connectivity index (χ0v) is 14.9. The smallest absolute Gasteiger partial charge is 0.417 e. The van der Waals surface area contributed by atoms with Gasteiger partial charge in [-0.3, -0.25) is 0 Å². The van der Waals surface area contributed by atoms with Crippen LogP contribution in [0.2, 0.25) is 5.02 Å². The maximum absolute atomic E-state index is 12.9. The molecule has 1 aliphatic heterocycles. The number of halogens is 4. The highest BCUT2D eigenvalue weighted by atomic mass is 35.5. The first-order valence-electron chi connectivity index (χ1n) is 7.59. The molecule has 138 valence electrons. The molecule has 0 bridgehead atoms. The lowest BCUT2D eigenvalue weighted by molar-refractivity contribution is -0.137. The van der Waals surface area contributed by atoms with Gasteiger partial charge in [-0.2, -0.15) is 13.2 Å². The quantitative estimate of drug-likeness (QED) is 0.748. The molecule has 0 atom stereocenters. The molecular formula is C17H14ClF3N2O2S. The van der Waals surface area contributed by atoms with Crippen LogP contribution in [0.3, 0.4) is 0 Å². The van der Waals surface area contributed by atoms with Gasteiger partial charge in [0.15, 0.2) is 16.6 Å². The molecule has 0 fully saturated rings. The first-order valence-corrected chi connectivity index (χ1v) is 8.37. The van der Waals surface area contributed by atoms with Crippen molar-refractivity contribution in [2.24, 2.45) is 0 Å². The van der Waals surface area contributed by atoms with E-state index in [9.17, 15) is 13.2 Å². The lowest BCUT2D eigenvalue weighted by atomic mass is 10.1. The Hall–Kier alpha value is -2.19. The third-order valence-electron chi connectivity index (χ3n) is 3.68. The molecule has 3 rings (SSSR count). The SMILES string of the molecule is FC(F)(F)c1cc(CNC(=S)NCc2ccc3c(c2)OCO3)ccc1Cl. The van der Waals surface area contributed by atoms with Crippen molar-refractivity contribution in [2.75, 3.05) is 6.79 Å². The van der Waals surface area contributed by atoms with E-state index in [0.717, 1.165) is 11.6 Å². The molecule has 0 aliphatic carbocycles. The number of ether oxygens (including phenoxy) is 2. The fourth-order valence-electron chi connectivity index (χ4n) is 2.38. The Morgan fingerprint density at radius 1 is 1.00 bits per heavy atom. The van der Waals surface area contributed by atoms with Crippen LogP contribution in [-0.2, 0) is 19.3 Å². The largest absolute Gasteiger partial charge is 0.454 e. The zero-order valence-electron chi connectivity index (χ0n) is 13.3. The summed E-state index contributed by atoms with van der Waals surface area (Å²) in [7, 11) is 0. The third kappa shape index (κ3) is 4.50. The van der Waals surface area contributed by atoms with Crippen LogP contribution < -0.4 is 20.1 Å². The Bertz CT molecular complexity index is 830. The number of hydrogen-bond acceptors (Lipinski definition) is 3. The van der Waals surface area contributed by atoms with Crippen LogP contribution in [-0.4, -0.2) is 11.9 Å². The summed E-state index contributed by atoms with van der Waals surface area (Å²) in [6, 6.07) is 9.28. The molecule has 4 nitrogen and oxygen atoms in total. The van der Waals surface area contributed by atoms with Crippen LogP contribution in [0, 0.1) is 0 Å². The summed E-state index contributed by atoms with van der Waals surface area (Å²) in [6.07, 6.45) is -4.49. The molecule has 26 heavy (non-hydrogen) atoms. The normalized spacial score (nSPS) is 12.8. The molecule has 9 heteroatoms. The van der Waals surface area contributed by atoms with Gasteiger partial charge < -0.3 is 20.1 Å². The predicted molar refractivity (Wildman–Crippen MR) is 95.3 cm³/mol. The van der Waals surface area contributed by atoms with Gasteiger partial charge in [0.1, 0.15) is 0 Å². The molecule has 2 N–H and O–H groups in total. The van der Waals surface area contributed by atoms with Crippen LogP contribution >= 0.6 is 23.8 Å². The molecule has 0 aromatic heterocycles. The Morgan fingerprint density at radius 2 is 1.62 bits per heavy atom. The van der Waals surface area contributed by atoms with Gasteiger partial charge in [-0.25, -0.2) is 0 Å². The first kappa shape index (κ1) is 18.6. The fraction of sp³-hybridized carbons (Fsp3) is 0.235. The van der Waals surface area contributed by atoms with Crippen molar-refractivity contribution in [3.05, 3.63) is 58.1 Å². The Labute approximate surface area is 158 Å². The van der Waals surface area contributed by atoms with Crippen LogP contribution in [0.25, 0.3) is 0 Å². The van der Waals surface area contributed by atoms with Crippen molar-refractivity contribution in [1.29, 1.82) is 0 Å². The molecule has 2 aromatic carbocycles. The minimum Gasteiger partial charge on any atom is -0.454 e. The molecule has 0 unspecified atom stereocenters. The average Bonchev–Trinajstić information content (AvgIpc) is 3.06. The summed E-state index contributed by atoms with van der Waals surface area (Å²) in [5.41, 5.74) is 0.496. The van der Waals surface area contributed by atoms with Gasteiger partial charge in [0.05, 0.1) is 10.6 Å². The maximum atomic E-state index is 12.9. The van der Waals surface area contributed by atoms with E-state index in [-0.39, 0.29) is 18.4 Å². The molecule has 1 aliphatic rings. The summed E-state index contributed by atoms with van der Waals surface area (Å²) in [4.78, 5) is 0. The maximum Gasteiger partial charge on any atom is 0.417 e. The van der Waals surface area contributed by atoms with E-state index in [1.807, 2.05) is 18.2 Å². The summed E-state index contributed by atoms with van der Waals surface area (Å²) < 4.78 is 49.1. The summed E-state index contributed by atoms with van der Waals surface area (Å²) in [6.45, 7) is 0.789. The van der Waals surface area contributed by atoms with E-state index in [1.165, 1.54) is 12.1 Å². The van der Waals surface area contributed by atoms with Gasteiger partial charge in [0, 0.05) is 13.1 Å². The Kier molecular flexibility index (Phi) is 5.43. The first-order chi connectivity index (χ1) is 12.3. The topological polar surface area (TPSA) is 42.5 Å². The second-order valence-electron chi connectivity index (χ2n) is 5.54. The highest BCUT2D eigenvalue weighted by Crippen LogP contribution is 2.35. The van der Waals surface area contributed by atoms with Crippen molar-refractivity contribution < 1.29 is 22.6 Å². The number of alkyl halides is 3. The van der Waals surface area contributed by atoms with Crippen molar-refractivity contribution >= 4 is 28.9 Å². The van der Waals surface area contributed by atoms with Gasteiger partial charge in [-0.15, -0.1) is 0 Å². The molecule has 0 spiro atoms. The second-order valence-corrected chi connectivity index (χ2v) is 6.35. The monoisotopic (exact) mass is 402 g/mol. The number of hydrogen-bond donors (Lipinski definition) is 2. The van der Waals surface area contributed by atoms with Crippen LogP contribution in [0.4, 0.5) is 13.2 Å². The van der Waals surface area contributed by atoms with Gasteiger partial charge in [-0.1, -0.05) is 23.7 Å². The van der Waals surface area contributed by atoms with Crippen LogP contribution in [0.5, 0.6) is 11.5 Å². The summed E-state index contributed by atoms with van der Waals surface area (Å²) in [5, 5.41) is 5.86. The van der Waals surface area contributed by atoms with Crippen molar-refractivity contribution in [1.82, 2.24) is 10.6 Å². The minimum atomic E-state index is -4.49. The van der Waals surface area contributed by atoms with Crippen molar-refractivity contribution in [3.8, 4) is 11.5 Å². The minimum absolute atomic E-state index is 0.146. The number of rotatable bonds is 4. The number of fused-ring (bicyclic) bond motifs is 1. The van der Waals surface area contributed by atoms with Crippen LogP contribution in [0.1, 0.15) is 16.7 Å². The van der Waals surface area contributed by atoms with Gasteiger partial charge in [-0.05, 0) is 47.6 Å². The zero-order chi connectivity index (χ0) is 18.7. The predicted octanol–water partition coefficient (Wildman–Crippen LogP) is 4.25. The average molecular weight is 403 g/mol. The summed E-state index contributed by atoms with van der Waals surface area (Å²) in [5.74, 6) is 1.36. The van der Waals surface area contributed by atoms with Gasteiger partial charge >= 0.3 is 6.18 Å². The Balaban J connectivity index is 1.53. The molecule has 0 amide bonds. The van der Waals surface area contributed by atoms with E-state index < -0.39 is 11.7 Å². The van der Waals surface area contributed by atoms with E-state index in [1.54, 1.807) is 0 Å². The standard InChI is InChI=1S/C17H14ClF3N2O2S/c18-13-3-1-10(5-12(13)17(19,20)21)7-22-16(26)23-8-11-2-4-14-15(6-11)25-9-24-14/h1-6H,7-9H2,(H2,22,23,26). The number of nitrogens with one attached hydrogen (secondary N) is 2. The highest BCUT2D eigenvalue weighted by molar-refractivity contribution is 7.80. The van der Waals surface area contributed by atoms with E-state index >= 15 is 0 Å². The third-order valence-corrected chi connectivity index (χ3v) is 4.30. The molecule has 2 aromatic rings. The van der Waals surface area contributed by atoms with Gasteiger partial charge in [0.2, 0.25) is 6.79 Å². The fourth-order valence-corrected chi connectivity index (χ4v) is 2.75. The Morgan fingerprint density at radius 3 is 2.31 bits per heavy atom. The molecular weight excluding hydrogens is 389 g/mol.